The second-order valence-corrected chi connectivity index (χ2v) is 9.73. The normalized spacial score (nSPS) is 10.9. The lowest BCUT2D eigenvalue weighted by atomic mass is 10.2. The third-order valence-corrected chi connectivity index (χ3v) is 7.30. The highest BCUT2D eigenvalue weighted by atomic mass is 35.5. The summed E-state index contributed by atoms with van der Waals surface area (Å²) in [6, 6.07) is 17.6. The van der Waals surface area contributed by atoms with Gasteiger partial charge < -0.3 is 9.64 Å². The third kappa shape index (κ3) is 5.76. The molecule has 2 aromatic heterocycles. The predicted octanol–water partition coefficient (Wildman–Crippen LogP) is 5.62. The van der Waals surface area contributed by atoms with Crippen molar-refractivity contribution in [3.05, 3.63) is 87.3 Å². The van der Waals surface area contributed by atoms with Gasteiger partial charge in [0.25, 0.3) is 0 Å². The number of benzene rings is 2. The van der Waals surface area contributed by atoms with Crippen molar-refractivity contribution in [3.63, 3.8) is 0 Å². The van der Waals surface area contributed by atoms with E-state index in [1.54, 1.807) is 24.8 Å². The summed E-state index contributed by atoms with van der Waals surface area (Å²) < 4.78 is 7.33. The van der Waals surface area contributed by atoms with E-state index in [4.69, 9.17) is 16.3 Å². The number of aromatic nitrogens is 3. The highest BCUT2D eigenvalue weighted by Crippen LogP contribution is 2.26. The van der Waals surface area contributed by atoms with Gasteiger partial charge in [0.15, 0.2) is 5.16 Å². The van der Waals surface area contributed by atoms with Gasteiger partial charge in [-0.05, 0) is 42.1 Å². The van der Waals surface area contributed by atoms with Crippen molar-refractivity contribution in [1.82, 2.24) is 19.7 Å². The fourth-order valence-electron chi connectivity index (χ4n) is 3.31. The van der Waals surface area contributed by atoms with E-state index in [0.717, 1.165) is 27.4 Å². The molecule has 0 radical (unpaired) electrons. The minimum Gasteiger partial charge on any atom is -0.496 e. The zero-order valence-corrected chi connectivity index (χ0v) is 20.7. The average Bonchev–Trinajstić information content (AvgIpc) is 3.51. The summed E-state index contributed by atoms with van der Waals surface area (Å²) in [5.74, 6) is 1.01. The first kappa shape index (κ1) is 23.4. The van der Waals surface area contributed by atoms with Crippen LogP contribution in [-0.4, -0.2) is 38.4 Å². The van der Waals surface area contributed by atoms with Crippen molar-refractivity contribution >= 4 is 40.6 Å². The van der Waals surface area contributed by atoms with Crippen LogP contribution in [0.3, 0.4) is 0 Å². The van der Waals surface area contributed by atoms with Crippen molar-refractivity contribution in [2.45, 2.75) is 25.2 Å². The molecule has 0 N–H and O–H groups in total. The highest BCUT2D eigenvalue weighted by Gasteiger charge is 2.19. The molecule has 0 unspecified atom stereocenters. The molecule has 0 fully saturated rings. The number of hydrogen-bond acceptors (Lipinski definition) is 6. The Labute approximate surface area is 206 Å². The number of aryl methyl sites for hydroxylation is 1. The second kappa shape index (κ2) is 10.9. The van der Waals surface area contributed by atoms with E-state index in [2.05, 4.69) is 10.2 Å². The fourth-order valence-corrected chi connectivity index (χ4v) is 5.04. The molecule has 2 aromatic carbocycles. The zero-order chi connectivity index (χ0) is 23.2. The maximum absolute atomic E-state index is 13.3. The monoisotopic (exact) mass is 498 g/mol. The largest absolute Gasteiger partial charge is 0.496 e. The summed E-state index contributed by atoms with van der Waals surface area (Å²) in [5.41, 5.74) is 2.82. The lowest BCUT2D eigenvalue weighted by molar-refractivity contribution is -0.129. The summed E-state index contributed by atoms with van der Waals surface area (Å²) in [4.78, 5) is 16.3. The molecule has 170 valence electrons. The number of carbonyl (C=O) groups is 1. The average molecular weight is 499 g/mol. The summed E-state index contributed by atoms with van der Waals surface area (Å²) in [5, 5.41) is 11.6. The lowest BCUT2D eigenvalue weighted by Gasteiger charge is -2.23. The molecular formula is C24H23ClN4O2S2. The van der Waals surface area contributed by atoms with Crippen LogP contribution >= 0.6 is 34.7 Å². The van der Waals surface area contributed by atoms with Gasteiger partial charge in [-0.15, -0.1) is 21.5 Å². The lowest BCUT2D eigenvalue weighted by Crippen LogP contribution is -2.31. The van der Waals surface area contributed by atoms with Crippen LogP contribution in [0, 0.1) is 6.92 Å². The van der Waals surface area contributed by atoms with Crippen LogP contribution in [0.4, 0.5) is 0 Å². The number of para-hydroxylation sites is 1. The molecule has 0 saturated heterocycles. The van der Waals surface area contributed by atoms with Crippen LogP contribution in [0.15, 0.2) is 71.5 Å². The van der Waals surface area contributed by atoms with Crippen LogP contribution in [0.1, 0.15) is 16.0 Å². The highest BCUT2D eigenvalue weighted by molar-refractivity contribution is 7.99. The minimum absolute atomic E-state index is 0.01000. The summed E-state index contributed by atoms with van der Waals surface area (Å²) in [6.07, 6.45) is 1.63. The molecule has 0 saturated carbocycles. The number of methoxy groups -OCH3 is 1. The number of thiophene rings is 1. The Morgan fingerprint density at radius 2 is 2.03 bits per heavy atom. The van der Waals surface area contributed by atoms with E-state index >= 15 is 0 Å². The number of hydrogen-bond donors (Lipinski definition) is 0. The van der Waals surface area contributed by atoms with E-state index in [1.807, 2.05) is 76.4 Å². The molecule has 4 aromatic rings. The quantitative estimate of drug-likeness (QED) is 0.280. The van der Waals surface area contributed by atoms with Gasteiger partial charge in [-0.25, -0.2) is 0 Å². The maximum Gasteiger partial charge on any atom is 0.233 e. The van der Waals surface area contributed by atoms with Crippen LogP contribution in [-0.2, 0) is 17.9 Å². The summed E-state index contributed by atoms with van der Waals surface area (Å²) in [7, 11) is 1.64. The van der Waals surface area contributed by atoms with Crippen LogP contribution < -0.4 is 4.74 Å². The van der Waals surface area contributed by atoms with E-state index in [0.29, 0.717) is 23.3 Å². The number of rotatable bonds is 9. The number of nitrogens with zero attached hydrogens (tertiary/aromatic N) is 4. The Morgan fingerprint density at radius 1 is 1.18 bits per heavy atom. The Hall–Kier alpha value is -2.81. The van der Waals surface area contributed by atoms with Crippen molar-refractivity contribution in [2.24, 2.45) is 0 Å². The molecule has 1 amide bonds. The molecule has 6 nitrogen and oxygen atoms in total. The number of ether oxygens (including phenoxy) is 1. The van der Waals surface area contributed by atoms with E-state index in [9.17, 15) is 4.79 Å². The molecule has 4 rings (SSSR count). The number of carbonyl (C=O) groups excluding carboxylic acids is 1. The van der Waals surface area contributed by atoms with Gasteiger partial charge in [-0.3, -0.25) is 9.36 Å². The van der Waals surface area contributed by atoms with Crippen LogP contribution in [0.5, 0.6) is 5.75 Å². The van der Waals surface area contributed by atoms with Gasteiger partial charge in [0, 0.05) is 22.0 Å². The molecule has 33 heavy (non-hydrogen) atoms. The third-order valence-electron chi connectivity index (χ3n) is 5.11. The molecule has 0 spiro atoms. The van der Waals surface area contributed by atoms with Gasteiger partial charge in [-0.1, -0.05) is 53.7 Å². The Morgan fingerprint density at radius 3 is 2.79 bits per heavy atom. The molecule has 0 atom stereocenters. The fraction of sp³-hybridized carbons (Fsp3) is 0.208. The molecule has 2 heterocycles. The molecule has 9 heteroatoms. The molecule has 0 aliphatic heterocycles. The zero-order valence-electron chi connectivity index (χ0n) is 18.3. The van der Waals surface area contributed by atoms with E-state index < -0.39 is 0 Å². The minimum atomic E-state index is 0.01000. The van der Waals surface area contributed by atoms with Crippen molar-refractivity contribution in [2.75, 3.05) is 12.9 Å². The summed E-state index contributed by atoms with van der Waals surface area (Å²) >= 11 is 9.28. The van der Waals surface area contributed by atoms with Gasteiger partial charge >= 0.3 is 0 Å². The van der Waals surface area contributed by atoms with E-state index in [1.165, 1.54) is 11.8 Å². The van der Waals surface area contributed by atoms with Crippen LogP contribution in [0.25, 0.3) is 5.69 Å². The molecular weight excluding hydrogens is 476 g/mol. The van der Waals surface area contributed by atoms with Crippen molar-refractivity contribution in [1.29, 1.82) is 0 Å². The smallest absolute Gasteiger partial charge is 0.233 e. The Kier molecular flexibility index (Phi) is 7.69. The molecule has 0 bridgehead atoms. The second-order valence-electron chi connectivity index (χ2n) is 7.35. The Balaban J connectivity index is 1.50. The SMILES string of the molecule is COc1ccccc1CN(Cc1cccs1)C(=O)CSc1nncn1-c1ccc(C)c(Cl)c1. The Bertz CT molecular complexity index is 1230. The first-order chi connectivity index (χ1) is 16.0. The maximum atomic E-state index is 13.3. The van der Waals surface area contributed by atoms with Crippen molar-refractivity contribution < 1.29 is 9.53 Å². The van der Waals surface area contributed by atoms with Gasteiger partial charge in [0.2, 0.25) is 5.91 Å². The first-order valence-corrected chi connectivity index (χ1v) is 12.5. The van der Waals surface area contributed by atoms with Crippen molar-refractivity contribution in [3.8, 4) is 11.4 Å². The number of amides is 1. The molecule has 0 aliphatic rings. The van der Waals surface area contributed by atoms with Gasteiger partial charge in [0.05, 0.1) is 25.1 Å². The number of halogens is 1. The first-order valence-electron chi connectivity index (χ1n) is 10.3. The topological polar surface area (TPSA) is 60.2 Å². The molecule has 0 aliphatic carbocycles. The van der Waals surface area contributed by atoms with Gasteiger partial charge in [-0.2, -0.15) is 0 Å². The van der Waals surface area contributed by atoms with Crippen LogP contribution in [0.2, 0.25) is 5.02 Å². The van der Waals surface area contributed by atoms with Gasteiger partial charge in [0.1, 0.15) is 12.1 Å². The van der Waals surface area contributed by atoms with E-state index in [-0.39, 0.29) is 11.7 Å². The number of thioether (sulfide) groups is 1. The standard InChI is InChI=1S/C24H23ClN4O2S2/c1-17-9-10-19(12-21(17)25)29-16-26-27-24(29)33-15-23(30)28(14-20-7-5-11-32-20)13-18-6-3-4-8-22(18)31-2/h3-12,16H,13-15H2,1-2H3. The predicted molar refractivity (Wildman–Crippen MR) is 133 cm³/mol. The summed E-state index contributed by atoms with van der Waals surface area (Å²) in [6.45, 7) is 2.95.